The predicted molar refractivity (Wildman–Crippen MR) is 92.8 cm³/mol. The minimum absolute atomic E-state index is 0.0442. The highest BCUT2D eigenvalue weighted by molar-refractivity contribution is 8.18. The van der Waals surface area contributed by atoms with Gasteiger partial charge in [0.1, 0.15) is 11.5 Å². The maximum Gasteiger partial charge on any atom is 0.266 e. The monoisotopic (exact) mass is 320 g/mol. The number of amidine groups is 1. The van der Waals surface area contributed by atoms with E-state index in [2.05, 4.69) is 18.8 Å². The van der Waals surface area contributed by atoms with Crippen LogP contribution < -0.4 is 0 Å². The number of thioether (sulfide) groups is 1. The van der Waals surface area contributed by atoms with Crippen molar-refractivity contribution in [2.45, 2.75) is 46.5 Å². The molecule has 1 aliphatic heterocycles. The fraction of sp³-hybridized carbons (Fsp3) is 0.529. The summed E-state index contributed by atoms with van der Waals surface area (Å²) in [6, 6.07) is 3.79. The van der Waals surface area contributed by atoms with Gasteiger partial charge in [0.2, 0.25) is 0 Å². The SMILES string of the molecule is CCCCN=C1S/C(=C/c2ccc(C)o2)C(=O)N1CCCC. The predicted octanol–water partition coefficient (Wildman–Crippen LogP) is 4.46. The molecule has 2 rings (SSSR count). The molecular formula is C17H24N2O2S. The van der Waals surface area contributed by atoms with E-state index in [9.17, 15) is 4.79 Å². The standard InChI is InChI=1S/C17H24N2O2S/c1-4-6-10-18-17-19(11-7-5-2)16(20)15(22-17)12-14-9-8-13(3)21-14/h8-9,12H,4-7,10-11H2,1-3H3/b15-12+,18-17?. The first-order valence-electron chi connectivity index (χ1n) is 7.98. The molecular weight excluding hydrogens is 296 g/mol. The molecule has 0 radical (unpaired) electrons. The lowest BCUT2D eigenvalue weighted by Crippen LogP contribution is -2.30. The van der Waals surface area contributed by atoms with Gasteiger partial charge in [-0.1, -0.05) is 26.7 Å². The first-order valence-corrected chi connectivity index (χ1v) is 8.79. The van der Waals surface area contributed by atoms with E-state index < -0.39 is 0 Å². The molecule has 120 valence electrons. The highest BCUT2D eigenvalue weighted by Gasteiger charge is 2.32. The molecule has 1 fully saturated rings. The van der Waals surface area contributed by atoms with Crippen molar-refractivity contribution < 1.29 is 9.21 Å². The minimum atomic E-state index is 0.0442. The fourth-order valence-corrected chi connectivity index (χ4v) is 3.14. The Morgan fingerprint density at radius 1 is 1.27 bits per heavy atom. The molecule has 0 aromatic carbocycles. The lowest BCUT2D eigenvalue weighted by molar-refractivity contribution is -0.122. The number of amides is 1. The first-order chi connectivity index (χ1) is 10.7. The Labute approximate surface area is 136 Å². The van der Waals surface area contributed by atoms with Crippen LogP contribution in [0.15, 0.2) is 26.4 Å². The number of unbranched alkanes of at least 4 members (excludes halogenated alkanes) is 2. The number of rotatable bonds is 7. The summed E-state index contributed by atoms with van der Waals surface area (Å²) in [7, 11) is 0. The van der Waals surface area contributed by atoms with Crippen molar-refractivity contribution >= 4 is 28.9 Å². The summed E-state index contributed by atoms with van der Waals surface area (Å²) in [5, 5.41) is 0.835. The number of aliphatic imine (C=N–C) groups is 1. The number of carbonyl (C=O) groups excluding carboxylic acids is 1. The highest BCUT2D eigenvalue weighted by atomic mass is 32.2. The van der Waals surface area contributed by atoms with Crippen LogP contribution in [-0.4, -0.2) is 29.1 Å². The van der Waals surface area contributed by atoms with Crippen molar-refractivity contribution in [2.75, 3.05) is 13.1 Å². The van der Waals surface area contributed by atoms with Crippen LogP contribution in [0, 0.1) is 6.92 Å². The van der Waals surface area contributed by atoms with Gasteiger partial charge >= 0.3 is 0 Å². The van der Waals surface area contributed by atoms with Crippen molar-refractivity contribution in [3.63, 3.8) is 0 Å². The summed E-state index contributed by atoms with van der Waals surface area (Å²) >= 11 is 1.46. The maximum atomic E-state index is 12.6. The molecule has 5 heteroatoms. The van der Waals surface area contributed by atoms with Crippen molar-refractivity contribution in [1.82, 2.24) is 4.90 Å². The van der Waals surface area contributed by atoms with E-state index in [1.54, 1.807) is 0 Å². The zero-order chi connectivity index (χ0) is 15.9. The van der Waals surface area contributed by atoms with Crippen molar-refractivity contribution in [3.05, 3.63) is 28.6 Å². The van der Waals surface area contributed by atoms with Gasteiger partial charge in [0.05, 0.1) is 4.91 Å². The van der Waals surface area contributed by atoms with Crippen LogP contribution in [0.3, 0.4) is 0 Å². The van der Waals surface area contributed by atoms with Gasteiger partial charge in [0.15, 0.2) is 5.17 Å². The molecule has 0 bridgehead atoms. The van der Waals surface area contributed by atoms with E-state index in [-0.39, 0.29) is 5.91 Å². The summed E-state index contributed by atoms with van der Waals surface area (Å²) in [5.74, 6) is 1.61. The quantitative estimate of drug-likeness (QED) is 0.550. The lowest BCUT2D eigenvalue weighted by Gasteiger charge is -2.14. The number of carbonyl (C=O) groups is 1. The second-order valence-corrected chi connectivity index (χ2v) is 6.40. The molecule has 2 heterocycles. The Balaban J connectivity index is 2.17. The molecule has 1 saturated heterocycles. The third-order valence-corrected chi connectivity index (χ3v) is 4.46. The molecule has 1 amide bonds. The van der Waals surface area contributed by atoms with E-state index in [0.29, 0.717) is 4.91 Å². The molecule has 22 heavy (non-hydrogen) atoms. The molecule has 0 atom stereocenters. The Hall–Kier alpha value is -1.49. The van der Waals surface area contributed by atoms with Crippen LogP contribution >= 0.6 is 11.8 Å². The maximum absolute atomic E-state index is 12.6. The van der Waals surface area contributed by atoms with Gasteiger partial charge in [-0.3, -0.25) is 14.7 Å². The van der Waals surface area contributed by atoms with Gasteiger partial charge in [0, 0.05) is 19.2 Å². The Kier molecular flexibility index (Phi) is 6.31. The molecule has 1 aliphatic rings. The second kappa shape index (κ2) is 8.22. The molecule has 4 nitrogen and oxygen atoms in total. The summed E-state index contributed by atoms with van der Waals surface area (Å²) in [6.07, 6.45) is 6.04. The topological polar surface area (TPSA) is 45.8 Å². The number of hydrogen-bond donors (Lipinski definition) is 0. The summed E-state index contributed by atoms with van der Waals surface area (Å²) in [6.45, 7) is 7.69. The Morgan fingerprint density at radius 3 is 2.68 bits per heavy atom. The van der Waals surface area contributed by atoms with Crippen LogP contribution in [0.1, 0.15) is 51.1 Å². The van der Waals surface area contributed by atoms with Crippen LogP contribution in [0.5, 0.6) is 0 Å². The molecule has 0 aliphatic carbocycles. The van der Waals surface area contributed by atoms with E-state index in [4.69, 9.17) is 4.42 Å². The molecule has 0 spiro atoms. The van der Waals surface area contributed by atoms with Crippen molar-refractivity contribution in [1.29, 1.82) is 0 Å². The summed E-state index contributed by atoms with van der Waals surface area (Å²) < 4.78 is 5.54. The van der Waals surface area contributed by atoms with Crippen LogP contribution in [-0.2, 0) is 4.79 Å². The van der Waals surface area contributed by atoms with Crippen molar-refractivity contribution in [2.24, 2.45) is 4.99 Å². The largest absolute Gasteiger partial charge is 0.462 e. The molecule has 0 unspecified atom stereocenters. The van der Waals surface area contributed by atoms with E-state index in [1.807, 2.05) is 30.0 Å². The molecule has 1 aromatic rings. The van der Waals surface area contributed by atoms with Gasteiger partial charge in [-0.25, -0.2) is 0 Å². The normalized spacial score (nSPS) is 18.9. The number of hydrogen-bond acceptors (Lipinski definition) is 4. The molecule has 0 N–H and O–H groups in total. The van der Waals surface area contributed by atoms with Gasteiger partial charge in [0.25, 0.3) is 5.91 Å². The lowest BCUT2D eigenvalue weighted by atomic mass is 10.3. The summed E-state index contributed by atoms with van der Waals surface area (Å²) in [4.78, 5) is 19.7. The van der Waals surface area contributed by atoms with Gasteiger partial charge in [-0.2, -0.15) is 0 Å². The third-order valence-electron chi connectivity index (χ3n) is 3.42. The van der Waals surface area contributed by atoms with E-state index >= 15 is 0 Å². The third kappa shape index (κ3) is 4.26. The number of aryl methyl sites for hydroxylation is 1. The highest BCUT2D eigenvalue weighted by Crippen LogP contribution is 2.33. The fourth-order valence-electron chi connectivity index (χ4n) is 2.13. The number of furan rings is 1. The average molecular weight is 320 g/mol. The zero-order valence-corrected chi connectivity index (χ0v) is 14.4. The second-order valence-electron chi connectivity index (χ2n) is 5.39. The summed E-state index contributed by atoms with van der Waals surface area (Å²) in [5.41, 5.74) is 0. The first kappa shape index (κ1) is 16.9. The Bertz CT molecular complexity index is 575. The van der Waals surface area contributed by atoms with Gasteiger partial charge in [-0.15, -0.1) is 0 Å². The van der Waals surface area contributed by atoms with Crippen LogP contribution in [0.2, 0.25) is 0 Å². The van der Waals surface area contributed by atoms with Crippen LogP contribution in [0.25, 0.3) is 6.08 Å². The van der Waals surface area contributed by atoms with Crippen LogP contribution in [0.4, 0.5) is 0 Å². The smallest absolute Gasteiger partial charge is 0.266 e. The van der Waals surface area contributed by atoms with E-state index in [0.717, 1.165) is 55.5 Å². The zero-order valence-electron chi connectivity index (χ0n) is 13.6. The van der Waals surface area contributed by atoms with E-state index in [1.165, 1.54) is 11.8 Å². The Morgan fingerprint density at radius 2 is 2.05 bits per heavy atom. The average Bonchev–Trinajstić information content (AvgIpc) is 3.03. The molecule has 0 saturated carbocycles. The van der Waals surface area contributed by atoms with Gasteiger partial charge < -0.3 is 4.42 Å². The van der Waals surface area contributed by atoms with Gasteiger partial charge in [-0.05, 0) is 43.7 Å². The number of nitrogens with zero attached hydrogens (tertiary/aromatic N) is 2. The van der Waals surface area contributed by atoms with Crippen molar-refractivity contribution in [3.8, 4) is 0 Å². The minimum Gasteiger partial charge on any atom is -0.462 e. The molecule has 1 aromatic heterocycles.